The van der Waals surface area contributed by atoms with Crippen LogP contribution < -0.4 is 29.7 Å². The lowest BCUT2D eigenvalue weighted by atomic mass is 9.95. The predicted molar refractivity (Wildman–Crippen MR) is 131 cm³/mol. The van der Waals surface area contributed by atoms with E-state index < -0.39 is 0 Å². The quantitative estimate of drug-likeness (QED) is 0.581. The molecule has 34 heavy (non-hydrogen) atoms. The highest BCUT2D eigenvalue weighted by atomic mass is 16.5. The zero-order chi connectivity index (χ0) is 25.3. The van der Waals surface area contributed by atoms with Crippen LogP contribution >= 0.6 is 0 Å². The first kappa shape index (κ1) is 27.0. The van der Waals surface area contributed by atoms with E-state index in [9.17, 15) is 9.59 Å². The molecule has 1 amide bonds. The Bertz CT molecular complexity index is 1050. The number of hydrogen-bond donors (Lipinski definition) is 1. The van der Waals surface area contributed by atoms with Crippen LogP contribution in [0.5, 0.6) is 23.0 Å². The number of benzene rings is 1. The Hall–Kier alpha value is -3.26. The minimum atomic E-state index is -0.358. The van der Waals surface area contributed by atoms with Crippen molar-refractivity contribution in [2.75, 3.05) is 41.7 Å². The number of fused-ring (bicyclic) bond motifs is 3. The van der Waals surface area contributed by atoms with Gasteiger partial charge < -0.3 is 29.0 Å². The Labute approximate surface area is 201 Å². The molecule has 0 aliphatic heterocycles. The predicted octanol–water partition coefficient (Wildman–Crippen LogP) is 3.91. The molecule has 3 rings (SSSR count). The molecule has 8 heteroatoms. The van der Waals surface area contributed by atoms with Gasteiger partial charge in [-0.1, -0.05) is 19.9 Å². The largest absolute Gasteiger partial charge is 0.493 e. The summed E-state index contributed by atoms with van der Waals surface area (Å²) in [5.74, 6) is 1.53. The summed E-state index contributed by atoms with van der Waals surface area (Å²) in [5, 5.41) is 2.98. The molecular formula is C26H35NO7. The minimum Gasteiger partial charge on any atom is -0.493 e. The summed E-state index contributed by atoms with van der Waals surface area (Å²) in [6.07, 6.45) is 1.23. The molecule has 8 nitrogen and oxygen atoms in total. The zero-order valence-corrected chi connectivity index (χ0v) is 21.1. The lowest BCUT2D eigenvalue weighted by Gasteiger charge is -2.21. The van der Waals surface area contributed by atoms with Gasteiger partial charge in [0.2, 0.25) is 17.1 Å². The number of carbonyl (C=O) groups excluding carboxylic acids is 1. The number of aryl methyl sites for hydroxylation is 1. The first-order chi connectivity index (χ1) is 16.4. The molecular weight excluding hydrogens is 438 g/mol. The van der Waals surface area contributed by atoms with Crippen molar-refractivity contribution in [1.82, 2.24) is 5.32 Å². The van der Waals surface area contributed by atoms with Crippen LogP contribution in [-0.2, 0) is 16.0 Å². The second-order valence-electron chi connectivity index (χ2n) is 7.39. The Morgan fingerprint density at radius 1 is 0.971 bits per heavy atom. The van der Waals surface area contributed by atoms with E-state index in [2.05, 4.69) is 5.32 Å². The van der Waals surface area contributed by atoms with E-state index in [1.807, 2.05) is 26.0 Å². The van der Waals surface area contributed by atoms with Crippen LogP contribution in [0.15, 0.2) is 29.1 Å². The van der Waals surface area contributed by atoms with E-state index in [0.29, 0.717) is 48.9 Å². The Morgan fingerprint density at radius 3 is 2.26 bits per heavy atom. The normalized spacial score (nSPS) is 13.8. The highest BCUT2D eigenvalue weighted by Crippen LogP contribution is 2.50. The van der Waals surface area contributed by atoms with Gasteiger partial charge >= 0.3 is 0 Å². The third-order valence-corrected chi connectivity index (χ3v) is 5.43. The summed E-state index contributed by atoms with van der Waals surface area (Å²) in [5.41, 5.74) is 2.93. The van der Waals surface area contributed by atoms with Crippen molar-refractivity contribution in [3.8, 4) is 34.1 Å². The Balaban J connectivity index is 0.00000199. The molecule has 0 bridgehead atoms. The van der Waals surface area contributed by atoms with Crippen molar-refractivity contribution >= 4 is 5.91 Å². The van der Waals surface area contributed by atoms with E-state index in [-0.39, 0.29) is 23.1 Å². The summed E-state index contributed by atoms with van der Waals surface area (Å²) < 4.78 is 27.8. The average molecular weight is 474 g/mol. The third-order valence-electron chi connectivity index (χ3n) is 5.43. The highest BCUT2D eigenvalue weighted by Gasteiger charge is 2.29. The molecule has 1 unspecified atom stereocenters. The minimum absolute atomic E-state index is 0.176. The third kappa shape index (κ3) is 5.80. The van der Waals surface area contributed by atoms with Gasteiger partial charge in [-0.15, -0.1) is 0 Å². The molecule has 1 aliphatic rings. The van der Waals surface area contributed by atoms with Crippen molar-refractivity contribution in [2.24, 2.45) is 0 Å². The SMILES string of the molecule is CC.COCCOc1c(OC)c(OC)cc2c1-c1ccc(OC)c(=O)cc1C(NC(C)=O)CC2. The van der Waals surface area contributed by atoms with Crippen molar-refractivity contribution in [1.29, 1.82) is 0 Å². The summed E-state index contributed by atoms with van der Waals surface area (Å²) in [6, 6.07) is 6.54. The van der Waals surface area contributed by atoms with Gasteiger partial charge in [0.25, 0.3) is 0 Å². The molecule has 0 saturated carbocycles. The Kier molecular flexibility index (Phi) is 10.2. The molecule has 0 saturated heterocycles. The number of carbonyl (C=O) groups is 1. The molecule has 2 aromatic rings. The molecule has 0 fully saturated rings. The lowest BCUT2D eigenvalue weighted by Crippen LogP contribution is -2.26. The van der Waals surface area contributed by atoms with Gasteiger partial charge in [0.1, 0.15) is 6.61 Å². The van der Waals surface area contributed by atoms with Gasteiger partial charge in [0, 0.05) is 19.6 Å². The van der Waals surface area contributed by atoms with Gasteiger partial charge in [-0.25, -0.2) is 0 Å². The molecule has 0 radical (unpaired) electrons. The summed E-state index contributed by atoms with van der Waals surface area (Å²) in [4.78, 5) is 24.7. The van der Waals surface area contributed by atoms with Crippen molar-refractivity contribution in [3.63, 3.8) is 0 Å². The fourth-order valence-corrected chi connectivity index (χ4v) is 4.03. The van der Waals surface area contributed by atoms with Gasteiger partial charge in [-0.2, -0.15) is 0 Å². The maximum Gasteiger partial charge on any atom is 0.220 e. The maximum atomic E-state index is 12.8. The van der Waals surface area contributed by atoms with Gasteiger partial charge in [0.15, 0.2) is 17.2 Å². The summed E-state index contributed by atoms with van der Waals surface area (Å²) in [6.45, 7) is 6.15. The van der Waals surface area contributed by atoms with Crippen LogP contribution in [0, 0.1) is 0 Å². The number of hydrogen-bond acceptors (Lipinski definition) is 7. The van der Waals surface area contributed by atoms with Crippen LogP contribution in [0.25, 0.3) is 11.1 Å². The highest BCUT2D eigenvalue weighted by molar-refractivity contribution is 5.83. The average Bonchev–Trinajstić information content (AvgIpc) is 3.08. The first-order valence-electron chi connectivity index (χ1n) is 11.3. The maximum absolute atomic E-state index is 12.8. The number of nitrogens with one attached hydrogen (secondary N) is 1. The molecule has 0 heterocycles. The van der Waals surface area contributed by atoms with Crippen molar-refractivity contribution in [2.45, 2.75) is 39.7 Å². The van der Waals surface area contributed by atoms with Crippen LogP contribution in [0.4, 0.5) is 0 Å². The molecule has 1 N–H and O–H groups in total. The molecule has 1 aliphatic carbocycles. The number of methoxy groups -OCH3 is 4. The lowest BCUT2D eigenvalue weighted by molar-refractivity contribution is -0.119. The number of ether oxygens (including phenoxy) is 5. The molecule has 0 spiro atoms. The van der Waals surface area contributed by atoms with Crippen LogP contribution in [0.1, 0.15) is 44.4 Å². The van der Waals surface area contributed by atoms with Gasteiger partial charge in [0.05, 0.1) is 34.0 Å². The van der Waals surface area contributed by atoms with Crippen LogP contribution in [-0.4, -0.2) is 47.6 Å². The topological polar surface area (TPSA) is 92.3 Å². The van der Waals surface area contributed by atoms with Crippen molar-refractivity contribution in [3.05, 3.63) is 45.6 Å². The molecule has 1 atom stereocenters. The van der Waals surface area contributed by atoms with Crippen molar-refractivity contribution < 1.29 is 28.5 Å². The van der Waals surface area contributed by atoms with E-state index in [4.69, 9.17) is 23.7 Å². The van der Waals surface area contributed by atoms with E-state index >= 15 is 0 Å². The van der Waals surface area contributed by atoms with Crippen LogP contribution in [0.3, 0.4) is 0 Å². The van der Waals surface area contributed by atoms with Gasteiger partial charge in [-0.3, -0.25) is 9.59 Å². The second kappa shape index (κ2) is 12.8. The second-order valence-corrected chi connectivity index (χ2v) is 7.39. The summed E-state index contributed by atoms with van der Waals surface area (Å²) in [7, 11) is 6.17. The fourth-order valence-electron chi connectivity index (χ4n) is 4.03. The van der Waals surface area contributed by atoms with E-state index in [1.165, 1.54) is 20.1 Å². The Morgan fingerprint density at radius 2 is 1.68 bits per heavy atom. The molecule has 186 valence electrons. The number of amides is 1. The number of rotatable bonds is 8. The fraction of sp³-hybridized carbons (Fsp3) is 0.462. The molecule has 0 aromatic heterocycles. The standard InChI is InChI=1S/C24H29NO7.C2H6/c1-14(26)25-18-8-6-15-12-21(30-4)23(31-5)24(32-11-10-28-2)22(15)16-7-9-20(29-3)19(27)13-17(16)18;1-2/h7,9,12-13,18H,6,8,10-11H2,1-5H3,(H,25,26);1-2H3. The zero-order valence-electron chi connectivity index (χ0n) is 21.1. The smallest absolute Gasteiger partial charge is 0.220 e. The van der Waals surface area contributed by atoms with Gasteiger partial charge in [-0.05, 0) is 47.7 Å². The summed E-state index contributed by atoms with van der Waals surface area (Å²) >= 11 is 0. The van der Waals surface area contributed by atoms with Crippen LogP contribution in [0.2, 0.25) is 0 Å². The first-order valence-corrected chi connectivity index (χ1v) is 11.3. The van der Waals surface area contributed by atoms with E-state index in [1.54, 1.807) is 27.4 Å². The monoisotopic (exact) mass is 473 g/mol. The van der Waals surface area contributed by atoms with E-state index in [0.717, 1.165) is 16.7 Å². The molecule has 2 aromatic carbocycles.